The van der Waals surface area contributed by atoms with Gasteiger partial charge in [0, 0.05) is 5.69 Å². The average Bonchev–Trinajstić information content (AvgIpc) is 2.55. The largest absolute Gasteiger partial charge is 0.492 e. The summed E-state index contributed by atoms with van der Waals surface area (Å²) in [6, 6.07) is 10.1. The van der Waals surface area contributed by atoms with Gasteiger partial charge < -0.3 is 10.1 Å². The number of anilines is 1. The van der Waals surface area contributed by atoms with E-state index in [9.17, 15) is 13.2 Å². The molecule has 26 heavy (non-hydrogen) atoms. The Morgan fingerprint density at radius 3 is 2.50 bits per heavy atom. The Kier molecular flexibility index (Phi) is 6.50. The lowest BCUT2D eigenvalue weighted by Gasteiger charge is -2.11. The normalized spacial score (nSPS) is 11.1. The third-order valence-corrected chi connectivity index (χ3v) is 4.59. The van der Waals surface area contributed by atoms with E-state index in [-0.39, 0.29) is 22.8 Å². The van der Waals surface area contributed by atoms with E-state index in [1.54, 1.807) is 0 Å². The first-order valence-corrected chi connectivity index (χ1v) is 10.2. The summed E-state index contributed by atoms with van der Waals surface area (Å²) in [6.45, 7) is 4.61. The second kappa shape index (κ2) is 8.42. The van der Waals surface area contributed by atoms with Gasteiger partial charge in [0.15, 0.2) is 0 Å². The minimum absolute atomic E-state index is 0.187. The van der Waals surface area contributed by atoms with Crippen LogP contribution in [0.5, 0.6) is 5.75 Å². The molecule has 6 nitrogen and oxygen atoms in total. The molecule has 2 aromatic carbocycles. The molecule has 2 rings (SSSR count). The molecule has 0 aliphatic carbocycles. The number of ether oxygens (including phenoxy) is 1. The van der Waals surface area contributed by atoms with Gasteiger partial charge in [0.2, 0.25) is 10.0 Å². The monoisotopic (exact) mass is 396 g/mol. The van der Waals surface area contributed by atoms with E-state index in [4.69, 9.17) is 16.3 Å². The van der Waals surface area contributed by atoms with Crippen LogP contribution >= 0.6 is 11.6 Å². The molecule has 0 fully saturated rings. The molecule has 0 aliphatic heterocycles. The van der Waals surface area contributed by atoms with Crippen LogP contribution in [0, 0.1) is 13.8 Å². The molecule has 2 aromatic rings. The quantitative estimate of drug-likeness (QED) is 0.704. The van der Waals surface area contributed by atoms with Crippen LogP contribution in [0.2, 0.25) is 5.02 Å². The van der Waals surface area contributed by atoms with E-state index in [0.29, 0.717) is 6.61 Å². The molecule has 0 unspecified atom stereocenters. The number of sulfonamides is 1. The van der Waals surface area contributed by atoms with Gasteiger partial charge in [-0.1, -0.05) is 17.7 Å². The van der Waals surface area contributed by atoms with Crippen molar-refractivity contribution in [1.82, 2.24) is 5.32 Å². The van der Waals surface area contributed by atoms with Gasteiger partial charge in [-0.15, -0.1) is 0 Å². The lowest BCUT2D eigenvalue weighted by atomic mass is 10.1. The van der Waals surface area contributed by atoms with Crippen molar-refractivity contribution >= 4 is 33.2 Å². The minimum Gasteiger partial charge on any atom is -0.492 e. The fourth-order valence-corrected chi connectivity index (χ4v) is 2.97. The van der Waals surface area contributed by atoms with Gasteiger partial charge in [0.05, 0.1) is 23.4 Å². The predicted octanol–water partition coefficient (Wildman–Crippen LogP) is 3.14. The molecule has 140 valence electrons. The Hall–Kier alpha value is -2.25. The number of halogens is 1. The van der Waals surface area contributed by atoms with E-state index >= 15 is 0 Å². The summed E-state index contributed by atoms with van der Waals surface area (Å²) in [5, 5.41) is 2.93. The summed E-state index contributed by atoms with van der Waals surface area (Å²) in [6.07, 6.45) is 1.03. The Labute approximate surface area is 158 Å². The number of benzene rings is 2. The second-order valence-corrected chi connectivity index (χ2v) is 8.07. The van der Waals surface area contributed by atoms with Crippen molar-refractivity contribution in [3.8, 4) is 5.75 Å². The molecular weight excluding hydrogens is 376 g/mol. The van der Waals surface area contributed by atoms with Crippen LogP contribution < -0.4 is 14.8 Å². The number of nitrogens with one attached hydrogen (secondary N) is 2. The highest BCUT2D eigenvalue weighted by Crippen LogP contribution is 2.21. The van der Waals surface area contributed by atoms with Crippen LogP contribution in [0.15, 0.2) is 36.4 Å². The van der Waals surface area contributed by atoms with Crippen LogP contribution in [-0.2, 0) is 10.0 Å². The van der Waals surface area contributed by atoms with E-state index in [2.05, 4.69) is 10.0 Å². The van der Waals surface area contributed by atoms with Crippen LogP contribution in [0.4, 0.5) is 5.69 Å². The molecule has 0 aromatic heterocycles. The zero-order chi connectivity index (χ0) is 19.3. The molecule has 8 heteroatoms. The lowest BCUT2D eigenvalue weighted by Crippen LogP contribution is -2.28. The molecule has 1 amide bonds. The number of aryl methyl sites for hydroxylation is 2. The fraction of sp³-hybridized carbons (Fsp3) is 0.278. The standard InChI is InChI=1S/C18H21ClN2O4S/c1-12-4-6-15(10-13(12)2)25-9-8-20-18(22)16-11-14(5-7-17(16)19)21-26(3,23)24/h4-7,10-11,21H,8-9H2,1-3H3,(H,20,22). The maximum absolute atomic E-state index is 12.3. The predicted molar refractivity (Wildman–Crippen MR) is 104 cm³/mol. The van der Waals surface area contributed by atoms with Gasteiger partial charge in [-0.05, 0) is 55.3 Å². The van der Waals surface area contributed by atoms with Crippen LogP contribution in [0.3, 0.4) is 0 Å². The highest BCUT2D eigenvalue weighted by molar-refractivity contribution is 7.92. The lowest BCUT2D eigenvalue weighted by molar-refractivity contribution is 0.0947. The molecule has 0 atom stereocenters. The summed E-state index contributed by atoms with van der Waals surface area (Å²) in [4.78, 5) is 12.3. The van der Waals surface area contributed by atoms with E-state index < -0.39 is 15.9 Å². The molecule has 0 saturated carbocycles. The molecule has 0 spiro atoms. The number of hydrogen-bond donors (Lipinski definition) is 2. The highest BCUT2D eigenvalue weighted by atomic mass is 35.5. The molecule has 0 aliphatic rings. The Bertz CT molecular complexity index is 913. The number of carbonyl (C=O) groups is 1. The SMILES string of the molecule is Cc1ccc(OCCNC(=O)c2cc(NS(C)(=O)=O)ccc2Cl)cc1C. The second-order valence-electron chi connectivity index (χ2n) is 5.92. The molecule has 0 saturated heterocycles. The van der Waals surface area contributed by atoms with E-state index in [1.807, 2.05) is 32.0 Å². The third-order valence-electron chi connectivity index (χ3n) is 3.65. The van der Waals surface area contributed by atoms with Crippen molar-refractivity contribution in [2.75, 3.05) is 24.1 Å². The first kappa shape index (κ1) is 20.1. The fourth-order valence-electron chi connectivity index (χ4n) is 2.21. The Balaban J connectivity index is 1.93. The van der Waals surface area contributed by atoms with Gasteiger partial charge >= 0.3 is 0 Å². The summed E-state index contributed by atoms with van der Waals surface area (Å²) in [5.41, 5.74) is 2.77. The molecule has 0 radical (unpaired) electrons. The molecule has 0 heterocycles. The topological polar surface area (TPSA) is 84.5 Å². The Morgan fingerprint density at radius 2 is 1.85 bits per heavy atom. The highest BCUT2D eigenvalue weighted by Gasteiger charge is 2.12. The van der Waals surface area contributed by atoms with Gasteiger partial charge in [-0.25, -0.2) is 8.42 Å². The minimum atomic E-state index is -3.44. The number of amides is 1. The smallest absolute Gasteiger partial charge is 0.252 e. The van der Waals surface area contributed by atoms with Crippen molar-refractivity contribution in [1.29, 1.82) is 0 Å². The molecule has 2 N–H and O–H groups in total. The van der Waals surface area contributed by atoms with Crippen molar-refractivity contribution in [2.24, 2.45) is 0 Å². The summed E-state index contributed by atoms with van der Waals surface area (Å²) < 4.78 is 30.5. The maximum atomic E-state index is 12.3. The van der Waals surface area contributed by atoms with Gasteiger partial charge in [0.1, 0.15) is 12.4 Å². The number of carbonyl (C=O) groups excluding carboxylic acids is 1. The van der Waals surface area contributed by atoms with Gasteiger partial charge in [-0.2, -0.15) is 0 Å². The van der Waals surface area contributed by atoms with Crippen LogP contribution in [0.25, 0.3) is 0 Å². The zero-order valence-electron chi connectivity index (χ0n) is 14.8. The first-order chi connectivity index (χ1) is 12.2. The first-order valence-electron chi connectivity index (χ1n) is 7.91. The average molecular weight is 397 g/mol. The van der Waals surface area contributed by atoms with Gasteiger partial charge in [-0.3, -0.25) is 9.52 Å². The van der Waals surface area contributed by atoms with Gasteiger partial charge in [0.25, 0.3) is 5.91 Å². The van der Waals surface area contributed by atoms with Crippen molar-refractivity contribution in [3.63, 3.8) is 0 Å². The van der Waals surface area contributed by atoms with Crippen molar-refractivity contribution in [2.45, 2.75) is 13.8 Å². The summed E-state index contributed by atoms with van der Waals surface area (Å²) in [5.74, 6) is 0.329. The number of hydrogen-bond acceptors (Lipinski definition) is 4. The molecular formula is C18H21ClN2O4S. The third kappa shape index (κ3) is 5.93. The van der Waals surface area contributed by atoms with Crippen LogP contribution in [-0.4, -0.2) is 33.7 Å². The summed E-state index contributed by atoms with van der Waals surface area (Å²) in [7, 11) is -3.44. The number of rotatable bonds is 7. The Morgan fingerprint density at radius 1 is 1.12 bits per heavy atom. The summed E-state index contributed by atoms with van der Waals surface area (Å²) >= 11 is 6.03. The van der Waals surface area contributed by atoms with Crippen LogP contribution in [0.1, 0.15) is 21.5 Å². The zero-order valence-corrected chi connectivity index (χ0v) is 16.4. The van der Waals surface area contributed by atoms with Crippen molar-refractivity contribution < 1.29 is 17.9 Å². The van der Waals surface area contributed by atoms with E-state index in [1.165, 1.54) is 23.8 Å². The van der Waals surface area contributed by atoms with Crippen molar-refractivity contribution in [3.05, 3.63) is 58.1 Å². The molecule has 0 bridgehead atoms. The van der Waals surface area contributed by atoms with E-state index in [0.717, 1.165) is 17.6 Å². The maximum Gasteiger partial charge on any atom is 0.252 e.